The number of ether oxygens (including phenoxy) is 3. The van der Waals surface area contributed by atoms with Gasteiger partial charge in [-0.15, -0.1) is 11.3 Å². The first-order valence-electron chi connectivity index (χ1n) is 7.65. The lowest BCUT2D eigenvalue weighted by atomic mass is 10.2. The molecule has 0 saturated heterocycles. The smallest absolute Gasteiger partial charge is 0.267 e. The molecule has 8 heteroatoms. The van der Waals surface area contributed by atoms with Crippen LogP contribution in [-0.4, -0.2) is 24.8 Å². The average Bonchev–Trinajstić information content (AvgIpc) is 3.31. The molecule has 26 heavy (non-hydrogen) atoms. The Hall–Kier alpha value is -2.77. The van der Waals surface area contributed by atoms with Crippen molar-refractivity contribution in [3.8, 4) is 27.8 Å². The molecule has 0 atom stereocenters. The molecule has 2 heterocycles. The van der Waals surface area contributed by atoms with Crippen LogP contribution in [0.2, 0.25) is 5.02 Å². The zero-order valence-electron chi connectivity index (χ0n) is 13.6. The van der Waals surface area contributed by atoms with Crippen LogP contribution in [0.4, 0.5) is 5.69 Å². The molecule has 0 aliphatic carbocycles. The molecule has 2 aromatic carbocycles. The van der Waals surface area contributed by atoms with Crippen LogP contribution in [0.15, 0.2) is 42.6 Å². The molecule has 4 rings (SSSR count). The molecular weight excluding hydrogens is 376 g/mol. The number of carbonyl (C=O) groups is 1. The van der Waals surface area contributed by atoms with Gasteiger partial charge in [-0.1, -0.05) is 11.6 Å². The summed E-state index contributed by atoms with van der Waals surface area (Å²) in [6.45, 7) is 0.215. The molecule has 3 aromatic rings. The van der Waals surface area contributed by atoms with Crippen molar-refractivity contribution in [2.45, 2.75) is 0 Å². The van der Waals surface area contributed by atoms with Crippen LogP contribution in [0.5, 0.6) is 17.2 Å². The monoisotopic (exact) mass is 388 g/mol. The number of rotatable bonds is 4. The second kappa shape index (κ2) is 6.86. The minimum atomic E-state index is -0.276. The summed E-state index contributed by atoms with van der Waals surface area (Å²) >= 11 is 7.45. The average molecular weight is 389 g/mol. The Balaban J connectivity index is 1.53. The minimum absolute atomic E-state index is 0.215. The van der Waals surface area contributed by atoms with Crippen molar-refractivity contribution >= 4 is 34.5 Å². The molecule has 0 unspecified atom stereocenters. The summed E-state index contributed by atoms with van der Waals surface area (Å²) < 4.78 is 15.8. The van der Waals surface area contributed by atoms with Crippen LogP contribution in [0.25, 0.3) is 10.6 Å². The Morgan fingerprint density at radius 1 is 1.23 bits per heavy atom. The van der Waals surface area contributed by atoms with Gasteiger partial charge in [0.2, 0.25) is 6.79 Å². The second-order valence-electron chi connectivity index (χ2n) is 5.40. The highest BCUT2D eigenvalue weighted by Crippen LogP contribution is 2.37. The zero-order valence-corrected chi connectivity index (χ0v) is 15.2. The van der Waals surface area contributed by atoms with Crippen molar-refractivity contribution < 1.29 is 19.0 Å². The van der Waals surface area contributed by atoms with E-state index in [0.29, 0.717) is 37.8 Å². The largest absolute Gasteiger partial charge is 0.497 e. The van der Waals surface area contributed by atoms with E-state index in [1.54, 1.807) is 25.3 Å². The highest BCUT2D eigenvalue weighted by atomic mass is 35.5. The number of thiazole rings is 1. The number of nitrogens with one attached hydrogen (secondary N) is 1. The maximum atomic E-state index is 12.5. The minimum Gasteiger partial charge on any atom is -0.497 e. The van der Waals surface area contributed by atoms with Crippen molar-refractivity contribution in [3.63, 3.8) is 0 Å². The maximum absolute atomic E-state index is 12.5. The number of halogens is 1. The molecule has 1 amide bonds. The van der Waals surface area contributed by atoms with E-state index in [2.05, 4.69) is 10.3 Å². The fourth-order valence-corrected chi connectivity index (χ4v) is 3.48. The number of nitrogens with zero attached hydrogens (tertiary/aromatic N) is 1. The maximum Gasteiger partial charge on any atom is 0.267 e. The molecule has 6 nitrogen and oxygen atoms in total. The van der Waals surface area contributed by atoms with Gasteiger partial charge in [-0.2, -0.15) is 0 Å². The molecule has 1 aromatic heterocycles. The third-order valence-electron chi connectivity index (χ3n) is 3.77. The van der Waals surface area contributed by atoms with Crippen molar-refractivity contribution in [1.82, 2.24) is 4.98 Å². The van der Waals surface area contributed by atoms with E-state index in [0.717, 1.165) is 5.56 Å². The first-order chi connectivity index (χ1) is 12.6. The summed E-state index contributed by atoms with van der Waals surface area (Å²) in [6, 6.07) is 10.6. The highest BCUT2D eigenvalue weighted by Gasteiger charge is 2.17. The molecule has 0 spiro atoms. The second-order valence-corrected chi connectivity index (χ2v) is 6.84. The molecule has 0 radical (unpaired) electrons. The summed E-state index contributed by atoms with van der Waals surface area (Å²) in [6.07, 6.45) is 1.54. The standard InChI is InChI=1S/C18H13ClN2O4S/c1-23-11-3-4-13(12(19)7-11)21-17(22)16-8-20-18(26-16)10-2-5-14-15(6-10)25-9-24-14/h2-8H,9H2,1H3,(H,21,22). The van der Waals surface area contributed by atoms with Crippen molar-refractivity contribution in [2.24, 2.45) is 0 Å². The van der Waals surface area contributed by atoms with Gasteiger partial charge in [0.1, 0.15) is 15.6 Å². The number of carbonyl (C=O) groups excluding carboxylic acids is 1. The van der Waals surface area contributed by atoms with Crippen LogP contribution >= 0.6 is 22.9 Å². The number of amides is 1. The topological polar surface area (TPSA) is 69.7 Å². The van der Waals surface area contributed by atoms with Gasteiger partial charge in [-0.3, -0.25) is 4.79 Å². The fourth-order valence-electron chi connectivity index (χ4n) is 2.45. The van der Waals surface area contributed by atoms with E-state index < -0.39 is 0 Å². The van der Waals surface area contributed by atoms with E-state index in [4.69, 9.17) is 25.8 Å². The summed E-state index contributed by atoms with van der Waals surface area (Å²) in [4.78, 5) is 17.3. The SMILES string of the molecule is COc1ccc(NC(=O)c2cnc(-c3ccc4c(c3)OCO4)s2)c(Cl)c1. The number of methoxy groups -OCH3 is 1. The molecule has 1 aliphatic rings. The fraction of sp³-hybridized carbons (Fsp3) is 0.111. The summed E-state index contributed by atoms with van der Waals surface area (Å²) in [7, 11) is 1.55. The quantitative estimate of drug-likeness (QED) is 0.714. The van der Waals surface area contributed by atoms with E-state index in [1.807, 2.05) is 18.2 Å². The molecule has 0 fully saturated rings. The molecule has 0 bridgehead atoms. The molecular formula is C18H13ClN2O4S. The highest BCUT2D eigenvalue weighted by molar-refractivity contribution is 7.17. The third-order valence-corrected chi connectivity index (χ3v) is 5.13. The Morgan fingerprint density at radius 2 is 2.08 bits per heavy atom. The lowest BCUT2D eigenvalue weighted by Crippen LogP contribution is -2.10. The van der Waals surface area contributed by atoms with Gasteiger partial charge in [-0.05, 0) is 30.3 Å². The van der Waals surface area contributed by atoms with Gasteiger partial charge >= 0.3 is 0 Å². The molecule has 132 valence electrons. The molecule has 0 saturated carbocycles. The zero-order chi connectivity index (χ0) is 18.1. The Bertz CT molecular complexity index is 989. The predicted octanol–water partition coefficient (Wildman–Crippen LogP) is 4.45. The van der Waals surface area contributed by atoms with Gasteiger partial charge < -0.3 is 19.5 Å². The van der Waals surface area contributed by atoms with E-state index in [9.17, 15) is 4.79 Å². The van der Waals surface area contributed by atoms with Crippen LogP contribution < -0.4 is 19.5 Å². The number of aromatic nitrogens is 1. The van der Waals surface area contributed by atoms with E-state index in [-0.39, 0.29) is 12.7 Å². The molecule has 1 aliphatic heterocycles. The van der Waals surface area contributed by atoms with Gasteiger partial charge in [0, 0.05) is 11.6 Å². The van der Waals surface area contributed by atoms with Crippen molar-refractivity contribution in [2.75, 3.05) is 19.2 Å². The number of hydrogen-bond acceptors (Lipinski definition) is 6. The van der Waals surface area contributed by atoms with E-state index in [1.165, 1.54) is 17.5 Å². The third kappa shape index (κ3) is 3.18. The van der Waals surface area contributed by atoms with Crippen LogP contribution in [-0.2, 0) is 0 Å². The van der Waals surface area contributed by atoms with Crippen molar-refractivity contribution in [1.29, 1.82) is 0 Å². The van der Waals surface area contributed by atoms with Crippen LogP contribution in [0.1, 0.15) is 9.67 Å². The van der Waals surface area contributed by atoms with Crippen LogP contribution in [0, 0.1) is 0 Å². The normalized spacial score (nSPS) is 12.1. The van der Waals surface area contributed by atoms with Crippen LogP contribution in [0.3, 0.4) is 0 Å². The molecule has 1 N–H and O–H groups in total. The first kappa shape index (κ1) is 16.7. The summed E-state index contributed by atoms with van der Waals surface area (Å²) in [5.41, 5.74) is 1.37. The van der Waals surface area contributed by atoms with Crippen molar-refractivity contribution in [3.05, 3.63) is 52.5 Å². The Morgan fingerprint density at radius 3 is 2.88 bits per heavy atom. The van der Waals surface area contributed by atoms with Gasteiger partial charge in [0.25, 0.3) is 5.91 Å². The Kier molecular flexibility index (Phi) is 4.40. The van der Waals surface area contributed by atoms with Gasteiger partial charge in [-0.25, -0.2) is 4.98 Å². The number of anilines is 1. The lowest BCUT2D eigenvalue weighted by Gasteiger charge is -2.07. The summed E-state index contributed by atoms with van der Waals surface area (Å²) in [5.74, 6) is 1.73. The first-order valence-corrected chi connectivity index (χ1v) is 8.84. The number of benzene rings is 2. The summed E-state index contributed by atoms with van der Waals surface area (Å²) in [5, 5.41) is 3.90. The number of fused-ring (bicyclic) bond motifs is 1. The van der Waals surface area contributed by atoms with E-state index >= 15 is 0 Å². The van der Waals surface area contributed by atoms with Gasteiger partial charge in [0.15, 0.2) is 11.5 Å². The Labute approximate surface area is 158 Å². The predicted molar refractivity (Wildman–Crippen MR) is 99.6 cm³/mol. The number of hydrogen-bond donors (Lipinski definition) is 1. The lowest BCUT2D eigenvalue weighted by molar-refractivity contribution is 0.103. The van der Waals surface area contributed by atoms with Gasteiger partial charge in [0.05, 0.1) is 24.0 Å².